The zero-order valence-electron chi connectivity index (χ0n) is 13.9. The summed E-state index contributed by atoms with van der Waals surface area (Å²) in [5.41, 5.74) is -1.84. The summed E-state index contributed by atoms with van der Waals surface area (Å²) in [5.74, 6) is -0.294. The quantitative estimate of drug-likeness (QED) is 0.442. The smallest absolute Gasteiger partial charge is 0.187 e. The van der Waals surface area contributed by atoms with E-state index in [-0.39, 0.29) is 5.92 Å². The molecule has 1 fully saturated rings. The monoisotopic (exact) mass is 322 g/mol. The summed E-state index contributed by atoms with van der Waals surface area (Å²) in [5, 5.41) is 49.2. The van der Waals surface area contributed by atoms with Gasteiger partial charge < -0.3 is 35.0 Å². The molecule has 5 N–H and O–H groups in total. The first-order valence-electron chi connectivity index (χ1n) is 7.68. The fourth-order valence-corrected chi connectivity index (χ4v) is 2.62. The van der Waals surface area contributed by atoms with Crippen molar-refractivity contribution in [2.24, 2.45) is 5.92 Å². The highest BCUT2D eigenvalue weighted by Crippen LogP contribution is 2.35. The maximum Gasteiger partial charge on any atom is 0.187 e. The van der Waals surface area contributed by atoms with E-state index in [0.29, 0.717) is 6.42 Å². The predicted octanol–water partition coefficient (Wildman–Crippen LogP) is -0.621. The second kappa shape index (κ2) is 7.09. The summed E-state index contributed by atoms with van der Waals surface area (Å²) < 4.78 is 11.1. The Kier molecular flexibility index (Phi) is 6.37. The van der Waals surface area contributed by atoms with Crippen LogP contribution in [0.3, 0.4) is 0 Å². The first-order chi connectivity index (χ1) is 9.97. The molecule has 0 bridgehead atoms. The van der Waals surface area contributed by atoms with Crippen molar-refractivity contribution >= 4 is 0 Å². The van der Waals surface area contributed by atoms with Gasteiger partial charge in [-0.05, 0) is 27.2 Å². The Balaban J connectivity index is 2.87. The highest BCUT2D eigenvalue weighted by Gasteiger charge is 2.48. The van der Waals surface area contributed by atoms with E-state index in [1.165, 1.54) is 0 Å². The van der Waals surface area contributed by atoms with Gasteiger partial charge in [0.2, 0.25) is 0 Å². The molecule has 0 aromatic carbocycles. The van der Waals surface area contributed by atoms with Crippen LogP contribution in [0.15, 0.2) is 0 Å². The predicted molar refractivity (Wildman–Crippen MR) is 79.0 cm³/mol. The molecule has 1 saturated heterocycles. The minimum Gasteiger partial charge on any atom is -0.394 e. The molecular formula is C15H30O7. The van der Waals surface area contributed by atoms with Crippen LogP contribution >= 0.6 is 0 Å². The summed E-state index contributed by atoms with van der Waals surface area (Å²) in [6.45, 7) is 8.39. The van der Waals surface area contributed by atoms with E-state index < -0.39 is 48.5 Å². The van der Waals surface area contributed by atoms with Crippen molar-refractivity contribution in [2.75, 3.05) is 6.61 Å². The molecule has 132 valence electrons. The Morgan fingerprint density at radius 3 is 2.09 bits per heavy atom. The zero-order valence-corrected chi connectivity index (χ0v) is 13.9. The summed E-state index contributed by atoms with van der Waals surface area (Å²) in [4.78, 5) is 0. The van der Waals surface area contributed by atoms with Crippen molar-refractivity contribution < 1.29 is 35.0 Å². The van der Waals surface area contributed by atoms with Crippen LogP contribution in [0.4, 0.5) is 0 Å². The van der Waals surface area contributed by atoms with E-state index >= 15 is 0 Å². The fourth-order valence-electron chi connectivity index (χ4n) is 2.62. The molecule has 7 heteroatoms. The van der Waals surface area contributed by atoms with Crippen LogP contribution in [0.5, 0.6) is 0 Å². The summed E-state index contributed by atoms with van der Waals surface area (Å²) in [6.07, 6.45) is -6.04. The van der Waals surface area contributed by atoms with Crippen molar-refractivity contribution in [1.29, 1.82) is 0 Å². The number of hydrogen-bond donors (Lipinski definition) is 5. The maximum atomic E-state index is 10.4. The molecule has 2 unspecified atom stereocenters. The third kappa shape index (κ3) is 3.97. The van der Waals surface area contributed by atoms with Gasteiger partial charge >= 0.3 is 0 Å². The van der Waals surface area contributed by atoms with Gasteiger partial charge in [0.15, 0.2) is 6.29 Å². The number of aliphatic hydroxyl groups excluding tert-OH is 4. The molecule has 0 aromatic rings. The van der Waals surface area contributed by atoms with Crippen LogP contribution in [-0.2, 0) is 9.47 Å². The second-order valence-corrected chi connectivity index (χ2v) is 6.85. The molecule has 1 aliphatic heterocycles. The SMILES string of the molecule is CCC(C)(O)C(C)C(C)(C)O[C@@H]1O[C@H](CO)[C@H](O)[C@H](O)[C@H]1O. The molecule has 1 aliphatic rings. The van der Waals surface area contributed by atoms with Crippen molar-refractivity contribution in [3.63, 3.8) is 0 Å². The van der Waals surface area contributed by atoms with E-state index in [1.54, 1.807) is 20.8 Å². The third-order valence-electron chi connectivity index (χ3n) is 4.96. The lowest BCUT2D eigenvalue weighted by Crippen LogP contribution is -2.61. The van der Waals surface area contributed by atoms with Crippen LogP contribution in [0.2, 0.25) is 0 Å². The normalized spacial score (nSPS) is 37.6. The fraction of sp³-hybridized carbons (Fsp3) is 1.00. The Bertz CT molecular complexity index is 356. The van der Waals surface area contributed by atoms with Crippen LogP contribution in [0, 0.1) is 5.92 Å². The average Bonchev–Trinajstić information content (AvgIpc) is 2.46. The topological polar surface area (TPSA) is 120 Å². The van der Waals surface area contributed by atoms with Crippen LogP contribution in [0.1, 0.15) is 41.0 Å². The lowest BCUT2D eigenvalue weighted by atomic mass is 9.77. The molecule has 0 aromatic heterocycles. The van der Waals surface area contributed by atoms with Gasteiger partial charge in [0.25, 0.3) is 0 Å². The number of aliphatic hydroxyl groups is 5. The van der Waals surface area contributed by atoms with Crippen LogP contribution in [-0.4, -0.2) is 74.0 Å². The molecule has 22 heavy (non-hydrogen) atoms. The maximum absolute atomic E-state index is 10.4. The van der Waals surface area contributed by atoms with Gasteiger partial charge in [-0.2, -0.15) is 0 Å². The van der Waals surface area contributed by atoms with Crippen LogP contribution < -0.4 is 0 Å². The Labute approximate surface area is 131 Å². The van der Waals surface area contributed by atoms with Gasteiger partial charge in [-0.3, -0.25) is 0 Å². The van der Waals surface area contributed by atoms with Crippen LogP contribution in [0.25, 0.3) is 0 Å². The number of rotatable bonds is 6. The average molecular weight is 322 g/mol. The van der Waals surface area contributed by atoms with Gasteiger partial charge in [-0.1, -0.05) is 13.8 Å². The molecule has 0 aliphatic carbocycles. The standard InChI is InChI=1S/C15H30O7/c1-6-15(5,20)8(2)14(3,4)22-13-12(19)11(18)10(17)9(7-16)21-13/h8-13,16-20H,6-7H2,1-5H3/t8?,9-,10+,11+,12-,13+,15?/m1/s1. The molecule has 0 spiro atoms. The van der Waals surface area contributed by atoms with Gasteiger partial charge in [-0.15, -0.1) is 0 Å². The van der Waals surface area contributed by atoms with Crippen molar-refractivity contribution in [3.05, 3.63) is 0 Å². The largest absolute Gasteiger partial charge is 0.394 e. The third-order valence-corrected chi connectivity index (χ3v) is 4.96. The van der Waals surface area contributed by atoms with Gasteiger partial charge in [0.05, 0.1) is 17.8 Å². The van der Waals surface area contributed by atoms with E-state index in [4.69, 9.17) is 9.47 Å². The van der Waals surface area contributed by atoms with Crippen molar-refractivity contribution in [1.82, 2.24) is 0 Å². The number of ether oxygens (including phenoxy) is 2. The van der Waals surface area contributed by atoms with E-state index in [1.807, 2.05) is 13.8 Å². The molecule has 1 heterocycles. The lowest BCUT2D eigenvalue weighted by Gasteiger charge is -2.46. The zero-order chi connectivity index (χ0) is 17.3. The minimum atomic E-state index is -1.48. The Morgan fingerprint density at radius 1 is 1.09 bits per heavy atom. The van der Waals surface area contributed by atoms with Gasteiger partial charge in [0.1, 0.15) is 24.4 Å². The summed E-state index contributed by atoms with van der Waals surface area (Å²) >= 11 is 0. The van der Waals surface area contributed by atoms with Gasteiger partial charge in [0, 0.05) is 5.92 Å². The summed E-state index contributed by atoms with van der Waals surface area (Å²) in [6, 6.07) is 0. The van der Waals surface area contributed by atoms with E-state index in [2.05, 4.69) is 0 Å². The van der Waals surface area contributed by atoms with E-state index in [9.17, 15) is 25.5 Å². The molecular weight excluding hydrogens is 292 g/mol. The molecule has 7 atom stereocenters. The van der Waals surface area contributed by atoms with Gasteiger partial charge in [-0.25, -0.2) is 0 Å². The highest BCUT2D eigenvalue weighted by atomic mass is 16.7. The molecule has 0 radical (unpaired) electrons. The molecule has 1 rings (SSSR count). The number of hydrogen-bond acceptors (Lipinski definition) is 7. The van der Waals surface area contributed by atoms with Crippen molar-refractivity contribution in [3.8, 4) is 0 Å². The molecule has 7 nitrogen and oxygen atoms in total. The molecule has 0 saturated carbocycles. The second-order valence-electron chi connectivity index (χ2n) is 6.85. The highest BCUT2D eigenvalue weighted by molar-refractivity contribution is 4.93. The lowest BCUT2D eigenvalue weighted by molar-refractivity contribution is -0.332. The summed E-state index contributed by atoms with van der Waals surface area (Å²) in [7, 11) is 0. The van der Waals surface area contributed by atoms with E-state index in [0.717, 1.165) is 0 Å². The Hall–Kier alpha value is -0.280. The van der Waals surface area contributed by atoms with Crippen molar-refractivity contribution in [2.45, 2.75) is 82.9 Å². The Morgan fingerprint density at radius 2 is 1.64 bits per heavy atom. The minimum absolute atomic E-state index is 0.294. The first-order valence-corrected chi connectivity index (χ1v) is 7.68. The first kappa shape index (κ1) is 19.8. The molecule has 0 amide bonds.